The topological polar surface area (TPSA) is 43.8 Å². The average molecular weight is 283 g/mol. The predicted octanol–water partition coefficient (Wildman–Crippen LogP) is 2.24. The van der Waals surface area contributed by atoms with E-state index in [1.807, 2.05) is 24.0 Å². The number of hydrogen-bond acceptors (Lipinski definition) is 3. The summed E-state index contributed by atoms with van der Waals surface area (Å²) in [7, 11) is 0. The highest BCUT2D eigenvalue weighted by Crippen LogP contribution is 2.25. The Morgan fingerprint density at radius 1 is 1.47 bits per heavy atom. The van der Waals surface area contributed by atoms with E-state index in [0.717, 1.165) is 35.9 Å². The largest absolute Gasteiger partial charge is 0.480 e. The third-order valence-electron chi connectivity index (χ3n) is 3.54. The summed E-state index contributed by atoms with van der Waals surface area (Å²) in [4.78, 5) is 15.0. The summed E-state index contributed by atoms with van der Waals surface area (Å²) < 4.78 is 0. The second-order valence-corrected chi connectivity index (χ2v) is 5.51. The second kappa shape index (κ2) is 5.80. The molecule has 0 aromatic heterocycles. The molecule has 2 rings (SSSR count). The van der Waals surface area contributed by atoms with Gasteiger partial charge in [0.15, 0.2) is 0 Å². The van der Waals surface area contributed by atoms with Gasteiger partial charge in [-0.1, -0.05) is 11.6 Å². The molecule has 19 heavy (non-hydrogen) atoms. The van der Waals surface area contributed by atoms with E-state index < -0.39 is 5.97 Å². The van der Waals surface area contributed by atoms with Crippen molar-refractivity contribution < 1.29 is 9.90 Å². The third kappa shape index (κ3) is 3.39. The molecule has 1 aromatic carbocycles. The summed E-state index contributed by atoms with van der Waals surface area (Å²) in [5.41, 5.74) is 2.23. The zero-order valence-electron chi connectivity index (χ0n) is 11.3. The normalized spacial score (nSPS) is 20.6. The molecule has 1 aromatic rings. The molecule has 0 bridgehead atoms. The zero-order valence-corrected chi connectivity index (χ0v) is 12.0. The number of aryl methyl sites for hydroxylation is 1. The molecule has 1 atom stereocenters. The van der Waals surface area contributed by atoms with Gasteiger partial charge in [0.1, 0.15) is 0 Å². The van der Waals surface area contributed by atoms with E-state index >= 15 is 0 Å². The summed E-state index contributed by atoms with van der Waals surface area (Å²) >= 11 is 6.04. The van der Waals surface area contributed by atoms with E-state index in [1.165, 1.54) is 0 Å². The Morgan fingerprint density at radius 3 is 2.79 bits per heavy atom. The number of nitrogens with zero attached hydrogens (tertiary/aromatic N) is 2. The van der Waals surface area contributed by atoms with Crippen molar-refractivity contribution in [3.8, 4) is 0 Å². The molecule has 1 aliphatic heterocycles. The monoisotopic (exact) mass is 282 g/mol. The molecular formula is C14H19ClN2O2. The van der Waals surface area contributed by atoms with Crippen LogP contribution in [0.25, 0.3) is 0 Å². The Morgan fingerprint density at radius 2 is 2.21 bits per heavy atom. The average Bonchev–Trinajstić information content (AvgIpc) is 2.32. The molecular weight excluding hydrogens is 264 g/mol. The fourth-order valence-electron chi connectivity index (χ4n) is 2.56. The van der Waals surface area contributed by atoms with E-state index in [2.05, 4.69) is 17.9 Å². The summed E-state index contributed by atoms with van der Waals surface area (Å²) in [5, 5.41) is 9.61. The molecule has 0 unspecified atom stereocenters. The molecule has 0 radical (unpaired) electrons. The summed E-state index contributed by atoms with van der Waals surface area (Å²) in [6, 6.07) is 6.33. The van der Waals surface area contributed by atoms with Crippen LogP contribution in [0.15, 0.2) is 18.2 Å². The number of piperazine rings is 1. The molecule has 0 amide bonds. The van der Waals surface area contributed by atoms with Gasteiger partial charge < -0.3 is 10.0 Å². The number of halogens is 1. The fraction of sp³-hybridized carbons (Fsp3) is 0.500. The number of carboxylic acids is 1. The third-order valence-corrected chi connectivity index (χ3v) is 3.97. The lowest BCUT2D eigenvalue weighted by atomic mass is 10.1. The highest BCUT2D eigenvalue weighted by Gasteiger charge is 2.25. The second-order valence-electron chi connectivity index (χ2n) is 5.10. The fourth-order valence-corrected chi connectivity index (χ4v) is 2.68. The molecule has 0 saturated carbocycles. The van der Waals surface area contributed by atoms with E-state index in [-0.39, 0.29) is 6.54 Å². The first kappa shape index (κ1) is 14.2. The van der Waals surface area contributed by atoms with Crippen LogP contribution in [0.3, 0.4) is 0 Å². The first-order valence-electron chi connectivity index (χ1n) is 6.44. The minimum atomic E-state index is -0.761. The van der Waals surface area contributed by atoms with Gasteiger partial charge in [0.25, 0.3) is 0 Å². The van der Waals surface area contributed by atoms with Gasteiger partial charge in [-0.25, -0.2) is 0 Å². The van der Waals surface area contributed by atoms with Crippen LogP contribution in [0.2, 0.25) is 5.02 Å². The Hall–Kier alpha value is -1.26. The number of aliphatic carboxylic acids is 1. The Kier molecular flexibility index (Phi) is 4.32. The number of benzene rings is 1. The number of carbonyl (C=O) groups is 1. The Labute approximate surface area is 118 Å². The van der Waals surface area contributed by atoms with Gasteiger partial charge in [-0.05, 0) is 37.6 Å². The van der Waals surface area contributed by atoms with Gasteiger partial charge in [0.2, 0.25) is 0 Å². The number of anilines is 1. The van der Waals surface area contributed by atoms with Crippen molar-refractivity contribution in [2.24, 2.45) is 0 Å². The van der Waals surface area contributed by atoms with E-state index in [4.69, 9.17) is 16.7 Å². The van der Waals surface area contributed by atoms with Crippen LogP contribution < -0.4 is 4.90 Å². The molecule has 4 nitrogen and oxygen atoms in total. The highest BCUT2D eigenvalue weighted by atomic mass is 35.5. The Bertz CT molecular complexity index is 479. The Balaban J connectivity index is 2.06. The zero-order chi connectivity index (χ0) is 14.0. The van der Waals surface area contributed by atoms with Crippen molar-refractivity contribution in [2.75, 3.05) is 31.1 Å². The van der Waals surface area contributed by atoms with Crippen molar-refractivity contribution in [2.45, 2.75) is 19.9 Å². The number of hydrogen-bond donors (Lipinski definition) is 1. The predicted molar refractivity (Wildman–Crippen MR) is 77.1 cm³/mol. The smallest absolute Gasteiger partial charge is 0.317 e. The standard InChI is InChI=1S/C14H19ClN2O2/c1-10-7-12(3-4-13(10)15)17-6-5-16(8-11(17)2)9-14(18)19/h3-4,7,11H,5-6,8-9H2,1-2H3,(H,18,19)/t11-/m1/s1. The molecule has 1 fully saturated rings. The van der Waals surface area contributed by atoms with Crippen LogP contribution in [0.1, 0.15) is 12.5 Å². The van der Waals surface area contributed by atoms with Crippen molar-refractivity contribution in [1.29, 1.82) is 0 Å². The van der Waals surface area contributed by atoms with Gasteiger partial charge in [-0.3, -0.25) is 9.69 Å². The van der Waals surface area contributed by atoms with Gasteiger partial charge in [-0.15, -0.1) is 0 Å². The first-order valence-corrected chi connectivity index (χ1v) is 6.82. The van der Waals surface area contributed by atoms with Crippen LogP contribution >= 0.6 is 11.6 Å². The van der Waals surface area contributed by atoms with Gasteiger partial charge in [-0.2, -0.15) is 0 Å². The van der Waals surface area contributed by atoms with E-state index in [0.29, 0.717) is 6.04 Å². The molecule has 0 spiro atoms. The van der Waals surface area contributed by atoms with Crippen molar-refractivity contribution >= 4 is 23.3 Å². The van der Waals surface area contributed by atoms with Gasteiger partial charge in [0.05, 0.1) is 6.54 Å². The number of carboxylic acid groups (broad SMARTS) is 1. The molecule has 1 aliphatic rings. The lowest BCUT2D eigenvalue weighted by Gasteiger charge is -2.40. The van der Waals surface area contributed by atoms with Gasteiger partial charge >= 0.3 is 5.97 Å². The van der Waals surface area contributed by atoms with Crippen LogP contribution in [0, 0.1) is 6.92 Å². The quantitative estimate of drug-likeness (QED) is 0.923. The van der Waals surface area contributed by atoms with Crippen molar-refractivity contribution in [1.82, 2.24) is 4.90 Å². The van der Waals surface area contributed by atoms with Crippen LogP contribution in [-0.4, -0.2) is 48.2 Å². The molecule has 104 valence electrons. The molecule has 5 heteroatoms. The van der Waals surface area contributed by atoms with Crippen molar-refractivity contribution in [3.63, 3.8) is 0 Å². The van der Waals surface area contributed by atoms with Crippen molar-refractivity contribution in [3.05, 3.63) is 28.8 Å². The van der Waals surface area contributed by atoms with Gasteiger partial charge in [0, 0.05) is 36.4 Å². The maximum absolute atomic E-state index is 10.7. The lowest BCUT2D eigenvalue weighted by Crippen LogP contribution is -2.53. The maximum atomic E-state index is 10.7. The lowest BCUT2D eigenvalue weighted by molar-refractivity contribution is -0.138. The number of rotatable bonds is 3. The molecule has 1 N–H and O–H groups in total. The SMILES string of the molecule is Cc1cc(N2CCN(CC(=O)O)C[C@H]2C)ccc1Cl. The van der Waals surface area contributed by atoms with Crippen LogP contribution in [-0.2, 0) is 4.79 Å². The van der Waals surface area contributed by atoms with Crippen LogP contribution in [0.4, 0.5) is 5.69 Å². The summed E-state index contributed by atoms with van der Waals surface area (Å²) in [6.07, 6.45) is 0. The maximum Gasteiger partial charge on any atom is 0.317 e. The molecule has 1 heterocycles. The minimum absolute atomic E-state index is 0.123. The minimum Gasteiger partial charge on any atom is -0.480 e. The summed E-state index contributed by atoms with van der Waals surface area (Å²) in [6.45, 7) is 6.63. The summed E-state index contributed by atoms with van der Waals surface area (Å²) in [5.74, 6) is -0.761. The molecule has 0 aliphatic carbocycles. The van der Waals surface area contributed by atoms with E-state index in [9.17, 15) is 4.79 Å². The highest BCUT2D eigenvalue weighted by molar-refractivity contribution is 6.31. The first-order chi connectivity index (χ1) is 8.97. The van der Waals surface area contributed by atoms with Crippen LogP contribution in [0.5, 0.6) is 0 Å². The van der Waals surface area contributed by atoms with E-state index in [1.54, 1.807) is 0 Å². The molecule has 1 saturated heterocycles.